The van der Waals surface area contributed by atoms with Gasteiger partial charge >= 0.3 is 0 Å². The van der Waals surface area contributed by atoms with Gasteiger partial charge in [-0.3, -0.25) is 0 Å². The van der Waals surface area contributed by atoms with Gasteiger partial charge in [-0.05, 0) is 47.3 Å². The van der Waals surface area contributed by atoms with Gasteiger partial charge < -0.3 is 13.8 Å². The molecule has 7 heteroatoms. The molecule has 3 aromatic rings. The van der Waals surface area contributed by atoms with Gasteiger partial charge in [0.05, 0.1) is 28.8 Å². The third kappa shape index (κ3) is 5.18. The fraction of sp³-hybridized carbons (Fsp3) is 0.167. The highest BCUT2D eigenvalue weighted by atomic mass is 35.5. The summed E-state index contributed by atoms with van der Waals surface area (Å²) in [5.74, 6) is 0.176. The molecule has 0 unspecified atom stereocenters. The van der Waals surface area contributed by atoms with E-state index >= 15 is 0 Å². The number of nitrogens with zero attached hydrogens (tertiary/aromatic N) is 1. The van der Waals surface area contributed by atoms with E-state index in [1.54, 1.807) is 28.6 Å². The minimum Gasteiger partial charge on any atom is -0.483 e. The Hall–Kier alpha value is -2.18. The lowest BCUT2D eigenvalue weighted by Crippen LogP contribution is -2.38. The van der Waals surface area contributed by atoms with Crippen LogP contribution in [0.25, 0.3) is 11.1 Å². The Morgan fingerprint density at radius 1 is 1.10 bits per heavy atom. The predicted molar refractivity (Wildman–Crippen MR) is 127 cm³/mol. The first-order valence-corrected chi connectivity index (χ1v) is 11.2. The van der Waals surface area contributed by atoms with Crippen LogP contribution in [0.2, 0.25) is 10.0 Å². The summed E-state index contributed by atoms with van der Waals surface area (Å²) in [5, 5.41) is 0.876. The number of benzene rings is 3. The lowest BCUT2D eigenvalue weighted by atomic mass is 10.1. The van der Waals surface area contributed by atoms with Crippen LogP contribution in [-0.2, 0) is 4.74 Å². The van der Waals surface area contributed by atoms with Crippen LogP contribution in [0.5, 0.6) is 5.75 Å². The molecule has 0 aromatic heterocycles. The zero-order valence-electron chi connectivity index (χ0n) is 16.6. The maximum Gasteiger partial charge on any atom is 0.154 e. The summed E-state index contributed by atoms with van der Waals surface area (Å²) < 4.78 is 27.9. The van der Waals surface area contributed by atoms with Gasteiger partial charge in [0, 0.05) is 11.6 Å². The lowest BCUT2D eigenvalue weighted by molar-refractivity contribution is -0.0806. The first-order valence-electron chi connectivity index (χ1n) is 9.70. The van der Waals surface area contributed by atoms with Crippen LogP contribution in [0, 0.1) is 5.82 Å². The van der Waals surface area contributed by atoms with Gasteiger partial charge in [0.1, 0.15) is 11.9 Å². The molecule has 0 spiro atoms. The molecule has 4 rings (SSSR count). The van der Waals surface area contributed by atoms with E-state index in [0.717, 1.165) is 11.1 Å². The van der Waals surface area contributed by atoms with Crippen molar-refractivity contribution in [2.45, 2.75) is 11.0 Å². The molecule has 0 aliphatic carbocycles. The highest BCUT2D eigenvalue weighted by Gasteiger charge is 2.25. The van der Waals surface area contributed by atoms with E-state index in [1.165, 1.54) is 18.0 Å². The molecule has 0 atom stereocenters. The van der Waals surface area contributed by atoms with Gasteiger partial charge in [-0.25, -0.2) is 4.39 Å². The minimum atomic E-state index is -0.336. The molecule has 3 nitrogen and oxygen atoms in total. The van der Waals surface area contributed by atoms with Crippen molar-refractivity contribution in [3.63, 3.8) is 0 Å². The maximum absolute atomic E-state index is 14.9. The van der Waals surface area contributed by atoms with Crippen LogP contribution in [-0.4, -0.2) is 25.9 Å². The van der Waals surface area contributed by atoms with Gasteiger partial charge in [0.25, 0.3) is 0 Å². The van der Waals surface area contributed by atoms with Gasteiger partial charge in [0.2, 0.25) is 0 Å². The highest BCUT2D eigenvalue weighted by Crippen LogP contribution is 2.43. The zero-order valence-corrected chi connectivity index (χ0v) is 18.9. The molecule has 0 bridgehead atoms. The molecule has 1 heterocycles. The summed E-state index contributed by atoms with van der Waals surface area (Å²) in [4.78, 5) is 0.691. The van der Waals surface area contributed by atoms with E-state index in [0.29, 0.717) is 46.1 Å². The second-order valence-electron chi connectivity index (χ2n) is 6.97. The second-order valence-corrected chi connectivity index (χ2v) is 8.87. The topological polar surface area (TPSA) is 21.7 Å². The Morgan fingerprint density at radius 3 is 2.55 bits per heavy atom. The Kier molecular flexibility index (Phi) is 7.08. The average molecular weight is 476 g/mol. The summed E-state index contributed by atoms with van der Waals surface area (Å²) in [5.41, 5.74) is 2.35. The average Bonchev–Trinajstić information content (AvgIpc) is 2.72. The molecule has 0 radical (unpaired) electrons. The summed E-state index contributed by atoms with van der Waals surface area (Å²) in [6.45, 7) is 5.24. The first kappa shape index (κ1) is 22.0. The van der Waals surface area contributed by atoms with Crippen molar-refractivity contribution in [2.24, 2.45) is 0 Å². The summed E-state index contributed by atoms with van der Waals surface area (Å²) in [7, 11) is 0. The highest BCUT2D eigenvalue weighted by molar-refractivity contribution is 8.00. The van der Waals surface area contributed by atoms with E-state index in [2.05, 4.69) is 6.58 Å². The van der Waals surface area contributed by atoms with Crippen LogP contribution < -0.4 is 9.04 Å². The minimum absolute atomic E-state index is 0.0657. The van der Waals surface area contributed by atoms with Crippen LogP contribution in [0.15, 0.2) is 78.2 Å². The molecule has 1 fully saturated rings. The molecular formula is C24H20Cl2FNO2S. The van der Waals surface area contributed by atoms with Crippen molar-refractivity contribution in [3.8, 4) is 16.9 Å². The molecule has 31 heavy (non-hydrogen) atoms. The smallest absolute Gasteiger partial charge is 0.154 e. The number of hydrogen-bond acceptors (Lipinski definition) is 4. The van der Waals surface area contributed by atoms with Crippen LogP contribution in [0.3, 0.4) is 0 Å². The van der Waals surface area contributed by atoms with Crippen molar-refractivity contribution in [2.75, 3.05) is 24.1 Å². The van der Waals surface area contributed by atoms with E-state index in [1.807, 2.05) is 36.4 Å². The van der Waals surface area contributed by atoms with Crippen molar-refractivity contribution in [1.29, 1.82) is 0 Å². The molecule has 0 saturated carbocycles. The van der Waals surface area contributed by atoms with Crippen LogP contribution >= 0.6 is 35.1 Å². The molecule has 0 amide bonds. The second kappa shape index (κ2) is 9.96. The fourth-order valence-electron chi connectivity index (χ4n) is 3.10. The summed E-state index contributed by atoms with van der Waals surface area (Å²) in [6, 6.07) is 18.3. The number of rotatable bonds is 8. The van der Waals surface area contributed by atoms with Crippen molar-refractivity contribution >= 4 is 40.8 Å². The predicted octanol–water partition coefficient (Wildman–Crippen LogP) is 7.28. The quantitative estimate of drug-likeness (QED) is 0.252. The molecule has 160 valence electrons. The Labute approximate surface area is 195 Å². The normalized spacial score (nSPS) is 13.5. The Balaban J connectivity index is 1.70. The molecule has 1 aliphatic rings. The Morgan fingerprint density at radius 2 is 1.87 bits per heavy atom. The van der Waals surface area contributed by atoms with Crippen molar-refractivity contribution < 1.29 is 13.9 Å². The number of hydrogen-bond donors (Lipinski definition) is 0. The van der Waals surface area contributed by atoms with Gasteiger partial charge in [0.15, 0.2) is 5.75 Å². The van der Waals surface area contributed by atoms with E-state index in [4.69, 9.17) is 32.7 Å². The van der Waals surface area contributed by atoms with E-state index in [-0.39, 0.29) is 11.9 Å². The lowest BCUT2D eigenvalue weighted by Gasteiger charge is -2.29. The first-order chi connectivity index (χ1) is 15.0. The van der Waals surface area contributed by atoms with Crippen molar-refractivity contribution in [3.05, 3.63) is 89.2 Å². The standard InChI is InChI=1S/C24H20Cl2FNO2S/c1-2-10-28(22-11-17(8-9-21(22)27)16-6-4-3-5-7-16)31-23-13-18(25)12-20(26)24(23)30-19-14-29-15-19/h2-9,11-13,19H,1,10,14-15H2. The molecule has 3 aromatic carbocycles. The van der Waals surface area contributed by atoms with Gasteiger partial charge in [-0.2, -0.15) is 0 Å². The molecular weight excluding hydrogens is 456 g/mol. The monoisotopic (exact) mass is 475 g/mol. The van der Waals surface area contributed by atoms with Crippen molar-refractivity contribution in [1.82, 2.24) is 0 Å². The molecule has 1 aliphatic heterocycles. The van der Waals surface area contributed by atoms with Crippen LogP contribution in [0.4, 0.5) is 10.1 Å². The molecule has 0 N–H and O–H groups in total. The maximum atomic E-state index is 14.9. The number of ether oxygens (including phenoxy) is 2. The van der Waals surface area contributed by atoms with Crippen LogP contribution in [0.1, 0.15) is 0 Å². The zero-order chi connectivity index (χ0) is 21.8. The van der Waals surface area contributed by atoms with E-state index in [9.17, 15) is 4.39 Å². The fourth-order valence-corrected chi connectivity index (χ4v) is 4.84. The summed E-state index contributed by atoms with van der Waals surface area (Å²) >= 11 is 14.0. The number of halogens is 3. The van der Waals surface area contributed by atoms with Gasteiger partial charge in [-0.15, -0.1) is 6.58 Å². The third-order valence-corrected chi connectivity index (χ3v) is 6.26. The molecule has 1 saturated heterocycles. The van der Waals surface area contributed by atoms with E-state index < -0.39 is 0 Å². The number of anilines is 1. The van der Waals surface area contributed by atoms with Gasteiger partial charge in [-0.1, -0.05) is 65.7 Å². The Bertz CT molecular complexity index is 1080. The summed E-state index contributed by atoms with van der Waals surface area (Å²) in [6.07, 6.45) is 1.65. The third-order valence-electron chi connectivity index (χ3n) is 4.69. The largest absolute Gasteiger partial charge is 0.483 e. The SMILES string of the molecule is C=CCN(Sc1cc(Cl)cc(Cl)c1OC1COC1)c1cc(-c2ccccc2)ccc1F.